The highest BCUT2D eigenvalue weighted by molar-refractivity contribution is 7.18. The van der Waals surface area contributed by atoms with Crippen molar-refractivity contribution in [1.82, 2.24) is 9.97 Å². The molecule has 0 aliphatic carbocycles. The Morgan fingerprint density at radius 1 is 1.00 bits per heavy atom. The van der Waals surface area contributed by atoms with Crippen LogP contribution in [0.2, 0.25) is 0 Å². The molecular weight excluding hydrogens is 228 g/mol. The largest absolute Gasteiger partial charge is 0.236 e. The number of hydrogen-bond donors (Lipinski definition) is 0. The fraction of sp³-hybridized carbons (Fsp3) is 0.571. The number of rotatable bonds is 0. The molecule has 0 bridgehead atoms. The quantitative estimate of drug-likeness (QED) is 0.695. The lowest BCUT2D eigenvalue weighted by Gasteiger charge is -2.17. The number of hydrogen-bond acceptors (Lipinski definition) is 3. The molecule has 0 fully saturated rings. The Morgan fingerprint density at radius 3 is 2.18 bits per heavy atom. The van der Waals surface area contributed by atoms with Gasteiger partial charge in [-0.1, -0.05) is 41.5 Å². The molecule has 2 heterocycles. The lowest BCUT2D eigenvalue weighted by Crippen LogP contribution is -2.11. The zero-order valence-corrected chi connectivity index (χ0v) is 12.3. The van der Waals surface area contributed by atoms with Crippen LogP contribution in [0.15, 0.2) is 12.3 Å². The van der Waals surface area contributed by atoms with Crippen LogP contribution in [0.3, 0.4) is 0 Å². The molecule has 2 rings (SSSR count). The first-order chi connectivity index (χ1) is 7.68. The molecule has 92 valence electrons. The van der Waals surface area contributed by atoms with Gasteiger partial charge in [-0.25, -0.2) is 9.97 Å². The molecule has 0 aliphatic heterocycles. The molecule has 0 unspecified atom stereocenters. The second-order valence-electron chi connectivity index (χ2n) is 6.56. The lowest BCUT2D eigenvalue weighted by molar-refractivity contribution is 0.585. The van der Waals surface area contributed by atoms with Gasteiger partial charge in [-0.3, -0.25) is 0 Å². The predicted molar refractivity (Wildman–Crippen MR) is 74.8 cm³/mol. The molecule has 0 radical (unpaired) electrons. The predicted octanol–water partition coefficient (Wildman–Crippen LogP) is 4.29. The van der Waals surface area contributed by atoms with Crippen LogP contribution in [0.1, 0.15) is 52.1 Å². The van der Waals surface area contributed by atoms with Gasteiger partial charge in [0.05, 0.1) is 4.70 Å². The standard InChI is InChI=1S/C14H20N2S/c1-13(2,3)9-7-10-11(15-8-9)16-12(17-10)14(4,5)6/h7-8H,1-6H3. The maximum Gasteiger partial charge on any atom is 0.170 e. The average Bonchev–Trinajstić information content (AvgIpc) is 2.57. The van der Waals surface area contributed by atoms with Gasteiger partial charge < -0.3 is 0 Å². The molecule has 17 heavy (non-hydrogen) atoms. The number of thiazole rings is 1. The minimum absolute atomic E-state index is 0.104. The van der Waals surface area contributed by atoms with Crippen LogP contribution >= 0.6 is 11.3 Å². The van der Waals surface area contributed by atoms with E-state index in [-0.39, 0.29) is 10.8 Å². The monoisotopic (exact) mass is 248 g/mol. The molecule has 0 saturated heterocycles. The van der Waals surface area contributed by atoms with Gasteiger partial charge in [0.25, 0.3) is 0 Å². The number of fused-ring (bicyclic) bond motifs is 1. The first-order valence-electron chi connectivity index (χ1n) is 5.95. The van der Waals surface area contributed by atoms with Crippen molar-refractivity contribution in [1.29, 1.82) is 0 Å². The molecule has 2 aromatic heterocycles. The molecule has 0 saturated carbocycles. The van der Waals surface area contributed by atoms with Crippen LogP contribution in [-0.2, 0) is 10.8 Å². The Labute approximate surface area is 107 Å². The summed E-state index contributed by atoms with van der Waals surface area (Å²) in [5.74, 6) is 0. The summed E-state index contributed by atoms with van der Waals surface area (Å²) in [6, 6.07) is 2.23. The molecular formula is C14H20N2S. The van der Waals surface area contributed by atoms with Crippen molar-refractivity contribution in [2.24, 2.45) is 0 Å². The first-order valence-corrected chi connectivity index (χ1v) is 6.77. The van der Waals surface area contributed by atoms with E-state index in [1.165, 1.54) is 10.3 Å². The molecule has 3 heteroatoms. The van der Waals surface area contributed by atoms with Crippen molar-refractivity contribution in [3.05, 3.63) is 22.8 Å². The van der Waals surface area contributed by atoms with Crippen molar-refractivity contribution in [3.63, 3.8) is 0 Å². The molecule has 0 aromatic carbocycles. The van der Waals surface area contributed by atoms with Crippen LogP contribution in [0.4, 0.5) is 0 Å². The van der Waals surface area contributed by atoms with E-state index in [2.05, 4.69) is 57.6 Å². The third-order valence-electron chi connectivity index (χ3n) is 2.75. The first kappa shape index (κ1) is 12.5. The average molecular weight is 248 g/mol. The maximum atomic E-state index is 4.61. The van der Waals surface area contributed by atoms with E-state index in [1.807, 2.05) is 6.20 Å². The topological polar surface area (TPSA) is 25.8 Å². The van der Waals surface area contributed by atoms with Gasteiger partial charge in [-0.15, -0.1) is 11.3 Å². The summed E-state index contributed by atoms with van der Waals surface area (Å²) >= 11 is 1.76. The van der Waals surface area contributed by atoms with Crippen LogP contribution in [0.5, 0.6) is 0 Å². The molecule has 2 aromatic rings. The van der Waals surface area contributed by atoms with E-state index >= 15 is 0 Å². The Morgan fingerprint density at radius 2 is 1.65 bits per heavy atom. The minimum Gasteiger partial charge on any atom is -0.236 e. The van der Waals surface area contributed by atoms with Gasteiger partial charge in [0.2, 0.25) is 0 Å². The maximum absolute atomic E-state index is 4.61. The van der Waals surface area contributed by atoms with Gasteiger partial charge in [0.15, 0.2) is 5.65 Å². The van der Waals surface area contributed by atoms with Crippen LogP contribution in [0, 0.1) is 0 Å². The fourth-order valence-corrected chi connectivity index (χ4v) is 2.57. The van der Waals surface area contributed by atoms with Gasteiger partial charge in [0, 0.05) is 11.6 Å². The van der Waals surface area contributed by atoms with Crippen LogP contribution in [0.25, 0.3) is 10.3 Å². The fourth-order valence-electron chi connectivity index (χ4n) is 1.55. The zero-order chi connectivity index (χ0) is 12.8. The summed E-state index contributed by atoms with van der Waals surface area (Å²) in [6.07, 6.45) is 1.95. The van der Waals surface area contributed by atoms with Crippen molar-refractivity contribution in [2.75, 3.05) is 0 Å². The van der Waals surface area contributed by atoms with E-state index in [1.54, 1.807) is 11.3 Å². The number of nitrogens with zero attached hydrogens (tertiary/aromatic N) is 2. The van der Waals surface area contributed by atoms with Crippen molar-refractivity contribution >= 4 is 21.7 Å². The third kappa shape index (κ3) is 2.49. The highest BCUT2D eigenvalue weighted by atomic mass is 32.1. The highest BCUT2D eigenvalue weighted by Crippen LogP contribution is 2.32. The van der Waals surface area contributed by atoms with E-state index in [4.69, 9.17) is 0 Å². The van der Waals surface area contributed by atoms with Crippen LogP contribution in [-0.4, -0.2) is 9.97 Å². The highest BCUT2D eigenvalue weighted by Gasteiger charge is 2.21. The van der Waals surface area contributed by atoms with E-state index in [9.17, 15) is 0 Å². The zero-order valence-electron chi connectivity index (χ0n) is 11.5. The SMILES string of the molecule is CC(C)(C)c1cnc2nc(C(C)(C)C)sc2c1. The summed E-state index contributed by atoms with van der Waals surface area (Å²) < 4.78 is 1.20. The summed E-state index contributed by atoms with van der Waals surface area (Å²) in [7, 11) is 0. The summed E-state index contributed by atoms with van der Waals surface area (Å²) in [4.78, 5) is 9.10. The molecule has 0 spiro atoms. The third-order valence-corrected chi connectivity index (χ3v) is 4.17. The summed E-state index contributed by atoms with van der Waals surface area (Å²) in [5, 5.41) is 1.16. The number of aromatic nitrogens is 2. The molecule has 0 aliphatic rings. The molecule has 0 N–H and O–H groups in total. The molecule has 0 atom stereocenters. The number of pyridine rings is 1. The van der Waals surface area contributed by atoms with E-state index in [0.29, 0.717) is 0 Å². The lowest BCUT2D eigenvalue weighted by atomic mass is 9.88. The Kier molecular flexibility index (Phi) is 2.77. The van der Waals surface area contributed by atoms with Crippen LogP contribution < -0.4 is 0 Å². The van der Waals surface area contributed by atoms with E-state index in [0.717, 1.165) is 10.7 Å². The normalized spacial score (nSPS) is 13.3. The van der Waals surface area contributed by atoms with Crippen molar-refractivity contribution in [3.8, 4) is 0 Å². The summed E-state index contributed by atoms with van der Waals surface area (Å²) in [6.45, 7) is 13.2. The second kappa shape index (κ2) is 3.77. The van der Waals surface area contributed by atoms with Gasteiger partial charge in [-0.05, 0) is 17.0 Å². The van der Waals surface area contributed by atoms with Gasteiger partial charge in [-0.2, -0.15) is 0 Å². The second-order valence-corrected chi connectivity index (χ2v) is 7.60. The minimum atomic E-state index is 0.104. The Balaban J connectivity index is 2.56. The van der Waals surface area contributed by atoms with Crippen molar-refractivity contribution in [2.45, 2.75) is 52.4 Å². The van der Waals surface area contributed by atoms with Gasteiger partial charge in [0.1, 0.15) is 5.01 Å². The van der Waals surface area contributed by atoms with Gasteiger partial charge >= 0.3 is 0 Å². The Hall–Kier alpha value is -0.960. The smallest absolute Gasteiger partial charge is 0.170 e. The van der Waals surface area contributed by atoms with E-state index < -0.39 is 0 Å². The molecule has 2 nitrogen and oxygen atoms in total. The molecule has 0 amide bonds. The Bertz CT molecular complexity index is 529. The van der Waals surface area contributed by atoms with Crippen molar-refractivity contribution < 1.29 is 0 Å². The summed E-state index contributed by atoms with van der Waals surface area (Å²) in [5.41, 5.74) is 2.40.